The average Bonchev–Trinajstić information content (AvgIpc) is 3.21. The number of hydrogen-bond donors (Lipinski definition) is 1. The van der Waals surface area contributed by atoms with Gasteiger partial charge in [0.2, 0.25) is 5.91 Å². The highest BCUT2D eigenvalue weighted by molar-refractivity contribution is 5.92. The Morgan fingerprint density at radius 2 is 2.05 bits per heavy atom. The molecule has 1 aromatic carbocycles. The molecule has 0 bridgehead atoms. The van der Waals surface area contributed by atoms with E-state index in [-0.39, 0.29) is 17.6 Å². The molecular weight excluding hydrogens is 252 g/mol. The number of methoxy groups -OCH3 is 1. The van der Waals surface area contributed by atoms with Gasteiger partial charge >= 0.3 is 0 Å². The van der Waals surface area contributed by atoms with Crippen LogP contribution in [0.2, 0.25) is 0 Å². The third-order valence-electron chi connectivity index (χ3n) is 4.26. The molecule has 1 N–H and O–H groups in total. The highest BCUT2D eigenvalue weighted by atomic mass is 16.5. The first-order chi connectivity index (χ1) is 9.77. The summed E-state index contributed by atoms with van der Waals surface area (Å²) in [5, 5.41) is 3.54. The van der Waals surface area contributed by atoms with E-state index in [1.807, 2.05) is 23.1 Å². The molecule has 1 aliphatic carbocycles. The molecule has 0 aromatic heterocycles. The molecule has 1 aliphatic heterocycles. The van der Waals surface area contributed by atoms with Gasteiger partial charge in [-0.25, -0.2) is 0 Å². The summed E-state index contributed by atoms with van der Waals surface area (Å²) in [6, 6.07) is 10.3. The third-order valence-corrected chi connectivity index (χ3v) is 4.26. The number of nitrogens with zero attached hydrogens (tertiary/aromatic N) is 1. The van der Waals surface area contributed by atoms with E-state index in [2.05, 4.69) is 17.4 Å². The Labute approximate surface area is 120 Å². The van der Waals surface area contributed by atoms with Crippen LogP contribution >= 0.6 is 0 Å². The topological polar surface area (TPSA) is 41.6 Å². The second-order valence-corrected chi connectivity index (χ2v) is 5.74. The lowest BCUT2D eigenvalue weighted by Crippen LogP contribution is -2.33. The van der Waals surface area contributed by atoms with Crippen molar-refractivity contribution < 1.29 is 9.53 Å². The summed E-state index contributed by atoms with van der Waals surface area (Å²) < 4.78 is 5.08. The van der Waals surface area contributed by atoms with Gasteiger partial charge in [-0.3, -0.25) is 10.1 Å². The predicted octanol–water partition coefficient (Wildman–Crippen LogP) is 2.08. The van der Waals surface area contributed by atoms with E-state index in [0.717, 1.165) is 38.8 Å². The minimum Gasteiger partial charge on any atom is -0.385 e. The Morgan fingerprint density at radius 3 is 2.70 bits per heavy atom. The van der Waals surface area contributed by atoms with Crippen LogP contribution in [0.5, 0.6) is 0 Å². The minimum atomic E-state index is -0.248. The second kappa shape index (κ2) is 5.54. The zero-order chi connectivity index (χ0) is 14.0. The number of amides is 1. The van der Waals surface area contributed by atoms with E-state index in [9.17, 15) is 4.79 Å². The largest absolute Gasteiger partial charge is 0.385 e. The first-order valence-electron chi connectivity index (χ1n) is 7.39. The summed E-state index contributed by atoms with van der Waals surface area (Å²) in [7, 11) is 1.72. The van der Waals surface area contributed by atoms with Gasteiger partial charge in [-0.1, -0.05) is 30.3 Å². The molecule has 0 radical (unpaired) electrons. The van der Waals surface area contributed by atoms with Crippen LogP contribution in [0, 0.1) is 0 Å². The highest BCUT2D eigenvalue weighted by Crippen LogP contribution is 2.45. The molecule has 1 aromatic rings. The number of nitrogens with one attached hydrogen (secondary N) is 1. The fourth-order valence-corrected chi connectivity index (χ4v) is 2.93. The maximum absolute atomic E-state index is 12.6. The Morgan fingerprint density at radius 1 is 1.30 bits per heavy atom. The van der Waals surface area contributed by atoms with E-state index in [1.165, 1.54) is 5.56 Å². The molecule has 20 heavy (non-hydrogen) atoms. The second-order valence-electron chi connectivity index (χ2n) is 5.74. The zero-order valence-electron chi connectivity index (χ0n) is 12.0. The van der Waals surface area contributed by atoms with Crippen molar-refractivity contribution in [3.63, 3.8) is 0 Å². The van der Waals surface area contributed by atoms with Gasteiger partial charge in [-0.15, -0.1) is 0 Å². The maximum atomic E-state index is 12.6. The first kappa shape index (κ1) is 13.6. The molecule has 1 unspecified atom stereocenters. The van der Waals surface area contributed by atoms with Crippen LogP contribution < -0.4 is 5.32 Å². The molecule has 4 heteroatoms. The molecule has 1 saturated carbocycles. The first-order valence-corrected chi connectivity index (χ1v) is 7.39. The lowest BCUT2D eigenvalue weighted by molar-refractivity contribution is -0.131. The molecule has 1 heterocycles. The smallest absolute Gasteiger partial charge is 0.244 e. The predicted molar refractivity (Wildman–Crippen MR) is 77.1 cm³/mol. The molecule has 3 rings (SSSR count). The van der Waals surface area contributed by atoms with Crippen molar-refractivity contribution in [2.24, 2.45) is 0 Å². The Bertz CT molecular complexity index is 471. The lowest BCUT2D eigenvalue weighted by atomic mass is 10.1. The van der Waals surface area contributed by atoms with E-state index in [1.54, 1.807) is 7.11 Å². The molecular formula is C16H22N2O2. The molecule has 1 amide bonds. The standard InChI is InChI=1S/C16H22N2O2/c1-20-12-6-5-11-18-14(13-7-3-2-4-8-13)17-16(9-10-16)15(18)19/h2-4,7-8,14,17H,5-6,9-12H2,1H3. The van der Waals surface area contributed by atoms with Crippen molar-refractivity contribution in [3.05, 3.63) is 35.9 Å². The van der Waals surface area contributed by atoms with Gasteiger partial charge in [0.25, 0.3) is 0 Å². The number of benzene rings is 1. The summed E-state index contributed by atoms with van der Waals surface area (Å²) in [6.45, 7) is 1.56. The number of carbonyl (C=O) groups is 1. The quantitative estimate of drug-likeness (QED) is 0.808. The van der Waals surface area contributed by atoms with Crippen molar-refractivity contribution >= 4 is 5.91 Å². The number of rotatable bonds is 6. The summed E-state index contributed by atoms with van der Waals surface area (Å²) in [4.78, 5) is 14.6. The normalized spacial score (nSPS) is 23.6. The Balaban J connectivity index is 1.71. The van der Waals surface area contributed by atoms with Crippen LogP contribution in [-0.4, -0.2) is 36.6 Å². The molecule has 4 nitrogen and oxygen atoms in total. The van der Waals surface area contributed by atoms with Gasteiger partial charge in [0.15, 0.2) is 0 Å². The Kier molecular flexibility index (Phi) is 3.76. The van der Waals surface area contributed by atoms with Crippen molar-refractivity contribution in [1.29, 1.82) is 0 Å². The lowest BCUT2D eigenvalue weighted by Gasteiger charge is -2.24. The van der Waals surface area contributed by atoms with Crippen molar-refractivity contribution in [1.82, 2.24) is 10.2 Å². The number of unbranched alkanes of at least 4 members (excludes halogenated alkanes) is 1. The molecule has 108 valence electrons. The van der Waals surface area contributed by atoms with Crippen LogP contribution in [0.3, 0.4) is 0 Å². The minimum absolute atomic E-state index is 0.0359. The third kappa shape index (κ3) is 2.45. The van der Waals surface area contributed by atoms with Gasteiger partial charge in [0.1, 0.15) is 11.7 Å². The summed E-state index contributed by atoms with van der Waals surface area (Å²) in [6.07, 6.45) is 3.97. The number of ether oxygens (including phenoxy) is 1. The summed E-state index contributed by atoms with van der Waals surface area (Å²) in [5.41, 5.74) is 0.929. The molecule has 2 fully saturated rings. The van der Waals surface area contributed by atoms with Gasteiger partial charge in [-0.05, 0) is 31.2 Å². The number of hydrogen-bond acceptors (Lipinski definition) is 3. The van der Waals surface area contributed by atoms with Gasteiger partial charge in [0, 0.05) is 20.3 Å². The van der Waals surface area contributed by atoms with Gasteiger partial charge < -0.3 is 9.64 Å². The summed E-state index contributed by atoms with van der Waals surface area (Å²) in [5.74, 6) is 0.281. The fourth-order valence-electron chi connectivity index (χ4n) is 2.93. The SMILES string of the molecule is COCCCCN1C(=O)C2(CC2)NC1c1ccccc1. The van der Waals surface area contributed by atoms with Crippen LogP contribution in [0.4, 0.5) is 0 Å². The van der Waals surface area contributed by atoms with E-state index in [4.69, 9.17) is 4.74 Å². The average molecular weight is 274 g/mol. The van der Waals surface area contributed by atoms with Crippen molar-refractivity contribution in [2.75, 3.05) is 20.3 Å². The van der Waals surface area contributed by atoms with Crippen molar-refractivity contribution in [3.8, 4) is 0 Å². The monoisotopic (exact) mass is 274 g/mol. The number of carbonyl (C=O) groups excluding carboxylic acids is 1. The van der Waals surface area contributed by atoms with E-state index >= 15 is 0 Å². The molecule has 1 atom stereocenters. The van der Waals surface area contributed by atoms with Crippen LogP contribution in [0.15, 0.2) is 30.3 Å². The molecule has 1 spiro atoms. The Hall–Kier alpha value is -1.39. The van der Waals surface area contributed by atoms with Crippen LogP contribution in [0.25, 0.3) is 0 Å². The van der Waals surface area contributed by atoms with E-state index in [0.29, 0.717) is 0 Å². The zero-order valence-corrected chi connectivity index (χ0v) is 12.0. The van der Waals surface area contributed by atoms with E-state index < -0.39 is 0 Å². The molecule has 2 aliphatic rings. The van der Waals surface area contributed by atoms with Crippen molar-refractivity contribution in [2.45, 2.75) is 37.4 Å². The summed E-state index contributed by atoms with van der Waals surface area (Å²) >= 11 is 0. The van der Waals surface area contributed by atoms with Gasteiger partial charge in [0.05, 0.1) is 0 Å². The highest BCUT2D eigenvalue weighted by Gasteiger charge is 2.59. The van der Waals surface area contributed by atoms with Crippen LogP contribution in [0.1, 0.15) is 37.4 Å². The fraction of sp³-hybridized carbons (Fsp3) is 0.562. The maximum Gasteiger partial charge on any atom is 0.244 e. The molecule has 1 saturated heterocycles. The van der Waals surface area contributed by atoms with Crippen LogP contribution in [-0.2, 0) is 9.53 Å². The van der Waals surface area contributed by atoms with Gasteiger partial charge in [-0.2, -0.15) is 0 Å².